The van der Waals surface area contributed by atoms with Crippen LogP contribution in [0.5, 0.6) is 0 Å². The molecule has 12 heteroatoms. The zero-order chi connectivity index (χ0) is 19.7. The van der Waals surface area contributed by atoms with E-state index >= 15 is 0 Å². The highest BCUT2D eigenvalue weighted by Crippen LogP contribution is 2.38. The van der Waals surface area contributed by atoms with Gasteiger partial charge in [-0.15, -0.1) is 16.4 Å². The summed E-state index contributed by atoms with van der Waals surface area (Å²) in [5.41, 5.74) is -0.198. The van der Waals surface area contributed by atoms with Gasteiger partial charge in [-0.25, -0.2) is 9.67 Å². The molecule has 3 unspecified atom stereocenters. The van der Waals surface area contributed by atoms with Crippen LogP contribution in [0.25, 0.3) is 10.7 Å². The van der Waals surface area contributed by atoms with Crippen LogP contribution in [0.2, 0.25) is 0 Å². The van der Waals surface area contributed by atoms with E-state index in [-0.39, 0.29) is 0 Å². The number of aliphatic hydroxyl groups excluding tert-OH is 3. The Balaban J connectivity index is 1.61. The molecule has 28 heavy (non-hydrogen) atoms. The third kappa shape index (κ3) is 3.99. The normalized spacial score (nSPS) is 27.8. The maximum absolute atomic E-state index is 10.9. The summed E-state index contributed by atoms with van der Waals surface area (Å²) in [5.74, 6) is 0. The molecule has 0 amide bonds. The van der Waals surface area contributed by atoms with Crippen LogP contribution in [0.3, 0.4) is 0 Å². The fourth-order valence-corrected chi connectivity index (χ4v) is 5.13. The molecule has 5 atom stereocenters. The quantitative estimate of drug-likeness (QED) is 0.490. The van der Waals surface area contributed by atoms with Crippen molar-refractivity contribution in [2.75, 3.05) is 6.61 Å². The third-order valence-electron chi connectivity index (χ3n) is 4.25. The van der Waals surface area contributed by atoms with Gasteiger partial charge in [0.1, 0.15) is 40.5 Å². The summed E-state index contributed by atoms with van der Waals surface area (Å²) in [6, 6.07) is 1.00. The van der Waals surface area contributed by atoms with Crippen LogP contribution in [-0.2, 0) is 4.74 Å². The van der Waals surface area contributed by atoms with E-state index in [0.29, 0.717) is 10.7 Å². The molecule has 4 heterocycles. The Morgan fingerprint density at radius 2 is 2.14 bits per heavy atom. The highest BCUT2D eigenvalue weighted by molar-refractivity contribution is 9.10. The van der Waals surface area contributed by atoms with Crippen LogP contribution in [0.4, 0.5) is 0 Å². The molecule has 0 saturated carbocycles. The third-order valence-corrected chi connectivity index (χ3v) is 6.59. The summed E-state index contributed by atoms with van der Waals surface area (Å²) in [4.78, 5) is 9.06. The molecule has 1 fully saturated rings. The highest BCUT2D eigenvalue weighted by atomic mass is 79.9. The monoisotopic (exact) mass is 485 g/mol. The number of hydrogen-bond donors (Lipinski definition) is 3. The molecule has 0 aromatic carbocycles. The average molecular weight is 486 g/mol. The van der Waals surface area contributed by atoms with Crippen molar-refractivity contribution in [2.24, 2.45) is 0 Å². The first kappa shape index (κ1) is 19.9. The van der Waals surface area contributed by atoms with Crippen LogP contribution in [0.1, 0.15) is 6.04 Å². The van der Waals surface area contributed by atoms with Gasteiger partial charge in [-0.2, -0.15) is 0 Å². The van der Waals surface area contributed by atoms with Gasteiger partial charge in [-0.1, -0.05) is 17.0 Å². The number of thioether (sulfide) groups is 1. The van der Waals surface area contributed by atoms with E-state index in [9.17, 15) is 15.3 Å². The molecule has 0 aliphatic carbocycles. The number of aliphatic hydroxyl groups is 3. The Kier molecular flexibility index (Phi) is 6.06. The van der Waals surface area contributed by atoms with Gasteiger partial charge in [0.05, 0.1) is 12.8 Å². The minimum absolute atomic E-state index is 0.397. The van der Waals surface area contributed by atoms with E-state index in [1.165, 1.54) is 27.8 Å². The minimum Gasteiger partial charge on any atom is -0.394 e. The lowest BCUT2D eigenvalue weighted by Gasteiger charge is -2.41. The first-order chi connectivity index (χ1) is 13.6. The second-order valence-electron chi connectivity index (χ2n) is 6.08. The Hall–Kier alpha value is -1.41. The second kappa shape index (κ2) is 8.53. The van der Waals surface area contributed by atoms with Gasteiger partial charge in [0.25, 0.3) is 0 Å². The summed E-state index contributed by atoms with van der Waals surface area (Å²) >= 11 is 6.03. The lowest BCUT2D eigenvalue weighted by atomic mass is 9.97. The second-order valence-corrected chi connectivity index (χ2v) is 9.06. The molecule has 9 nitrogen and oxygen atoms in total. The SMILES string of the molecule is OCC1O[C@H](Sc2cncc(Br)c2)C(O)C(n2cc(-c3nccs3)nn2)[C@H]1O. The van der Waals surface area contributed by atoms with Crippen molar-refractivity contribution in [3.8, 4) is 10.7 Å². The largest absolute Gasteiger partial charge is 0.394 e. The molecule has 0 radical (unpaired) electrons. The van der Waals surface area contributed by atoms with E-state index in [2.05, 4.69) is 36.2 Å². The Bertz CT molecular complexity index is 927. The zero-order valence-electron chi connectivity index (χ0n) is 14.2. The van der Waals surface area contributed by atoms with Crippen molar-refractivity contribution in [1.82, 2.24) is 25.0 Å². The average Bonchev–Trinajstić information content (AvgIpc) is 3.36. The fraction of sp³-hybridized carbons (Fsp3) is 0.375. The summed E-state index contributed by atoms with van der Waals surface area (Å²) in [6.45, 7) is -0.397. The Morgan fingerprint density at radius 3 is 2.86 bits per heavy atom. The van der Waals surface area contributed by atoms with Gasteiger partial charge in [0.2, 0.25) is 0 Å². The van der Waals surface area contributed by atoms with Gasteiger partial charge < -0.3 is 20.1 Å². The summed E-state index contributed by atoms with van der Waals surface area (Å²) < 4.78 is 7.93. The predicted octanol–water partition coefficient (Wildman–Crippen LogP) is 1.33. The van der Waals surface area contributed by atoms with E-state index in [4.69, 9.17) is 4.74 Å². The summed E-state index contributed by atoms with van der Waals surface area (Å²) in [7, 11) is 0. The van der Waals surface area contributed by atoms with E-state index < -0.39 is 36.4 Å². The van der Waals surface area contributed by atoms with Crippen LogP contribution in [0, 0.1) is 0 Å². The van der Waals surface area contributed by atoms with Gasteiger partial charge >= 0.3 is 0 Å². The minimum atomic E-state index is -1.16. The van der Waals surface area contributed by atoms with Crippen LogP contribution in [0.15, 0.2) is 45.6 Å². The van der Waals surface area contributed by atoms with E-state index in [1.807, 2.05) is 11.4 Å². The number of ether oxygens (including phenoxy) is 1. The molecule has 3 N–H and O–H groups in total. The van der Waals surface area contributed by atoms with Crippen LogP contribution in [-0.4, -0.2) is 70.6 Å². The number of rotatable bonds is 5. The van der Waals surface area contributed by atoms with Crippen molar-refractivity contribution in [2.45, 2.75) is 34.7 Å². The number of pyridine rings is 1. The topological polar surface area (TPSA) is 126 Å². The molecule has 1 aliphatic rings. The summed E-state index contributed by atoms with van der Waals surface area (Å²) in [6.07, 6.45) is 3.45. The molecule has 148 valence electrons. The van der Waals surface area contributed by atoms with Gasteiger partial charge in [-0.05, 0) is 22.0 Å². The standard InChI is InChI=1S/C16H16BrN5O4S2/c17-8-3-9(5-18-4-8)28-16-14(25)12(13(24)11(7-23)26-16)22-6-10(20-21-22)15-19-1-2-27-15/h1-6,11-14,16,23-25H,7H2/t11?,12?,13-,14?,16+/m0/s1. The molecule has 3 aromatic rings. The predicted molar refractivity (Wildman–Crippen MR) is 106 cm³/mol. The van der Waals surface area contributed by atoms with Gasteiger partial charge in [-0.3, -0.25) is 4.98 Å². The molecule has 0 bridgehead atoms. The number of halogens is 1. The first-order valence-corrected chi connectivity index (χ1v) is 10.8. The molecule has 1 saturated heterocycles. The molecular weight excluding hydrogens is 470 g/mol. The van der Waals surface area contributed by atoms with Crippen molar-refractivity contribution in [1.29, 1.82) is 0 Å². The zero-order valence-corrected chi connectivity index (χ0v) is 17.5. The van der Waals surface area contributed by atoms with E-state index in [0.717, 1.165) is 9.37 Å². The fourth-order valence-electron chi connectivity index (χ4n) is 2.94. The Morgan fingerprint density at radius 1 is 1.29 bits per heavy atom. The Labute approximate surface area is 176 Å². The molecule has 1 aliphatic heterocycles. The number of hydrogen-bond acceptors (Lipinski definition) is 10. The van der Waals surface area contributed by atoms with Crippen molar-refractivity contribution >= 4 is 39.0 Å². The van der Waals surface area contributed by atoms with E-state index in [1.54, 1.807) is 24.8 Å². The molecular formula is C16H16BrN5O4S2. The first-order valence-electron chi connectivity index (χ1n) is 8.28. The molecule has 0 spiro atoms. The smallest absolute Gasteiger partial charge is 0.145 e. The lowest BCUT2D eigenvalue weighted by Crippen LogP contribution is -2.55. The maximum Gasteiger partial charge on any atom is 0.145 e. The number of nitrogens with zero attached hydrogens (tertiary/aromatic N) is 5. The lowest BCUT2D eigenvalue weighted by molar-refractivity contribution is -0.178. The van der Waals surface area contributed by atoms with Crippen LogP contribution < -0.4 is 0 Å². The van der Waals surface area contributed by atoms with Crippen LogP contribution >= 0.6 is 39.0 Å². The number of aromatic nitrogens is 5. The molecule has 3 aromatic heterocycles. The number of thiazole rings is 1. The highest BCUT2D eigenvalue weighted by Gasteiger charge is 2.46. The van der Waals surface area contributed by atoms with Crippen molar-refractivity contribution in [3.63, 3.8) is 0 Å². The molecule has 4 rings (SSSR count). The summed E-state index contributed by atoms with van der Waals surface area (Å²) in [5, 5.41) is 41.9. The maximum atomic E-state index is 10.9. The van der Waals surface area contributed by atoms with Gasteiger partial charge in [0.15, 0.2) is 0 Å². The van der Waals surface area contributed by atoms with Crippen molar-refractivity contribution < 1.29 is 20.1 Å². The van der Waals surface area contributed by atoms with Gasteiger partial charge in [0, 0.05) is 33.3 Å². The van der Waals surface area contributed by atoms with Crippen molar-refractivity contribution in [3.05, 3.63) is 40.7 Å².